The molecule has 0 saturated carbocycles. The summed E-state index contributed by atoms with van der Waals surface area (Å²) < 4.78 is 11.9. The van der Waals surface area contributed by atoms with E-state index in [1.807, 2.05) is 52.0 Å². The standard InChI is InChI=1S/C18H25N3O3/c1-6-7-14-15(19)16(12-8-10-13(23-5)11-9-12)20-21(14)17(22)24-18(2,3)4/h8-11H,6-7,19H2,1-5H3. The highest BCUT2D eigenvalue weighted by Crippen LogP contribution is 2.30. The summed E-state index contributed by atoms with van der Waals surface area (Å²) in [5.41, 5.74) is 8.26. The molecule has 0 aliphatic heterocycles. The van der Waals surface area contributed by atoms with Crippen molar-refractivity contribution >= 4 is 11.8 Å². The molecule has 1 aromatic heterocycles. The zero-order chi connectivity index (χ0) is 17.9. The van der Waals surface area contributed by atoms with E-state index in [0.717, 1.165) is 17.7 Å². The van der Waals surface area contributed by atoms with Crippen molar-refractivity contribution in [3.8, 4) is 17.0 Å². The molecule has 0 aliphatic carbocycles. The molecule has 2 aromatic rings. The van der Waals surface area contributed by atoms with Gasteiger partial charge in [-0.2, -0.15) is 9.78 Å². The molecule has 1 heterocycles. The van der Waals surface area contributed by atoms with E-state index in [1.165, 1.54) is 4.68 Å². The fourth-order valence-electron chi connectivity index (χ4n) is 2.36. The van der Waals surface area contributed by atoms with Gasteiger partial charge in [-0.3, -0.25) is 0 Å². The lowest BCUT2D eigenvalue weighted by Gasteiger charge is -2.19. The summed E-state index contributed by atoms with van der Waals surface area (Å²) in [5, 5.41) is 4.41. The predicted molar refractivity (Wildman–Crippen MR) is 94.3 cm³/mol. The number of hydrogen-bond acceptors (Lipinski definition) is 5. The van der Waals surface area contributed by atoms with Crippen LogP contribution in [0.1, 0.15) is 39.8 Å². The Morgan fingerprint density at radius 2 is 1.88 bits per heavy atom. The quantitative estimate of drug-likeness (QED) is 0.920. The van der Waals surface area contributed by atoms with Crippen LogP contribution in [0.15, 0.2) is 24.3 Å². The van der Waals surface area contributed by atoms with Gasteiger partial charge in [-0.1, -0.05) is 13.3 Å². The van der Waals surface area contributed by atoms with Crippen molar-refractivity contribution in [2.75, 3.05) is 12.8 Å². The maximum atomic E-state index is 12.5. The maximum Gasteiger partial charge on any atom is 0.435 e. The van der Waals surface area contributed by atoms with Gasteiger partial charge in [0.05, 0.1) is 18.5 Å². The second-order valence-corrected chi connectivity index (χ2v) is 6.58. The van der Waals surface area contributed by atoms with Gasteiger partial charge in [-0.25, -0.2) is 4.79 Å². The molecule has 24 heavy (non-hydrogen) atoms. The Balaban J connectivity index is 2.46. The molecule has 0 unspecified atom stereocenters. The van der Waals surface area contributed by atoms with Crippen LogP contribution in [-0.2, 0) is 11.2 Å². The third-order valence-electron chi connectivity index (χ3n) is 3.44. The summed E-state index contributed by atoms with van der Waals surface area (Å²) in [6, 6.07) is 7.40. The number of hydrogen-bond donors (Lipinski definition) is 1. The summed E-state index contributed by atoms with van der Waals surface area (Å²) in [7, 11) is 1.61. The van der Waals surface area contributed by atoms with E-state index in [9.17, 15) is 4.79 Å². The van der Waals surface area contributed by atoms with Gasteiger partial charge < -0.3 is 15.2 Å². The SMILES string of the molecule is CCCc1c(N)c(-c2ccc(OC)cc2)nn1C(=O)OC(C)(C)C. The van der Waals surface area contributed by atoms with Crippen LogP contribution < -0.4 is 10.5 Å². The zero-order valence-electron chi connectivity index (χ0n) is 14.9. The fourth-order valence-corrected chi connectivity index (χ4v) is 2.36. The molecule has 2 rings (SSSR count). The molecule has 2 N–H and O–H groups in total. The summed E-state index contributed by atoms with van der Waals surface area (Å²) in [6.07, 6.45) is 0.979. The van der Waals surface area contributed by atoms with Gasteiger partial charge in [0.1, 0.15) is 17.0 Å². The summed E-state index contributed by atoms with van der Waals surface area (Å²) >= 11 is 0. The van der Waals surface area contributed by atoms with Gasteiger partial charge in [-0.05, 0) is 51.5 Å². The normalized spacial score (nSPS) is 11.4. The second kappa shape index (κ2) is 6.95. The Morgan fingerprint density at radius 3 is 2.38 bits per heavy atom. The first kappa shape index (κ1) is 17.8. The second-order valence-electron chi connectivity index (χ2n) is 6.58. The van der Waals surface area contributed by atoms with E-state index in [1.54, 1.807) is 7.11 Å². The maximum absolute atomic E-state index is 12.5. The van der Waals surface area contributed by atoms with Crippen LogP contribution in [0.25, 0.3) is 11.3 Å². The molecule has 6 heteroatoms. The van der Waals surface area contributed by atoms with Crippen molar-refractivity contribution in [2.24, 2.45) is 0 Å². The van der Waals surface area contributed by atoms with Gasteiger partial charge in [-0.15, -0.1) is 0 Å². The van der Waals surface area contributed by atoms with Crippen molar-refractivity contribution in [1.29, 1.82) is 0 Å². The first-order valence-electron chi connectivity index (χ1n) is 8.02. The Hall–Kier alpha value is -2.50. The number of nitrogens with two attached hydrogens (primary N) is 1. The summed E-state index contributed by atoms with van der Waals surface area (Å²) in [4.78, 5) is 12.5. The van der Waals surface area contributed by atoms with E-state index in [0.29, 0.717) is 23.5 Å². The molecule has 0 aliphatic rings. The average Bonchev–Trinajstić information content (AvgIpc) is 2.84. The Kier molecular flexibility index (Phi) is 5.17. The zero-order valence-corrected chi connectivity index (χ0v) is 14.9. The number of rotatable bonds is 4. The highest BCUT2D eigenvalue weighted by molar-refractivity contribution is 5.80. The van der Waals surface area contributed by atoms with Crippen LogP contribution in [0.5, 0.6) is 5.75 Å². The minimum atomic E-state index is -0.596. The number of benzene rings is 1. The van der Waals surface area contributed by atoms with Crippen LogP contribution in [0.2, 0.25) is 0 Å². The smallest absolute Gasteiger partial charge is 0.435 e. The number of carbonyl (C=O) groups excluding carboxylic acids is 1. The Labute approximate surface area is 142 Å². The van der Waals surface area contributed by atoms with E-state index >= 15 is 0 Å². The molecule has 0 saturated heterocycles. The lowest BCUT2D eigenvalue weighted by atomic mass is 10.1. The largest absolute Gasteiger partial charge is 0.497 e. The number of nitrogen functional groups attached to an aromatic ring is 1. The van der Waals surface area contributed by atoms with Crippen LogP contribution in [0, 0.1) is 0 Å². The molecule has 0 atom stereocenters. The molecule has 0 radical (unpaired) electrons. The lowest BCUT2D eigenvalue weighted by Crippen LogP contribution is -2.28. The number of aromatic nitrogens is 2. The van der Waals surface area contributed by atoms with E-state index in [2.05, 4.69) is 5.10 Å². The van der Waals surface area contributed by atoms with Crippen molar-refractivity contribution < 1.29 is 14.3 Å². The van der Waals surface area contributed by atoms with Crippen LogP contribution in [0.4, 0.5) is 10.5 Å². The minimum absolute atomic E-state index is 0.507. The molecule has 0 bridgehead atoms. The van der Waals surface area contributed by atoms with Crippen molar-refractivity contribution in [3.63, 3.8) is 0 Å². The molecular weight excluding hydrogens is 306 g/mol. The van der Waals surface area contributed by atoms with Gasteiger partial charge in [0, 0.05) is 5.56 Å². The minimum Gasteiger partial charge on any atom is -0.497 e. The fraction of sp³-hybridized carbons (Fsp3) is 0.444. The molecule has 0 amide bonds. The number of carbonyl (C=O) groups is 1. The number of anilines is 1. The Bertz CT molecular complexity index is 712. The molecule has 130 valence electrons. The van der Waals surface area contributed by atoms with Crippen LogP contribution in [-0.4, -0.2) is 28.6 Å². The molecule has 0 fully saturated rings. The van der Waals surface area contributed by atoms with Crippen molar-refractivity contribution in [1.82, 2.24) is 9.78 Å². The molecule has 0 spiro atoms. The van der Waals surface area contributed by atoms with E-state index < -0.39 is 11.7 Å². The first-order valence-corrected chi connectivity index (χ1v) is 8.02. The summed E-state index contributed by atoms with van der Waals surface area (Å²) in [5.74, 6) is 0.748. The highest BCUT2D eigenvalue weighted by Gasteiger charge is 2.24. The topological polar surface area (TPSA) is 79.4 Å². The summed E-state index contributed by atoms with van der Waals surface area (Å²) in [6.45, 7) is 7.49. The Morgan fingerprint density at radius 1 is 1.25 bits per heavy atom. The van der Waals surface area contributed by atoms with E-state index in [-0.39, 0.29) is 0 Å². The third kappa shape index (κ3) is 3.88. The van der Waals surface area contributed by atoms with Gasteiger partial charge in [0.2, 0.25) is 0 Å². The van der Waals surface area contributed by atoms with E-state index in [4.69, 9.17) is 15.2 Å². The van der Waals surface area contributed by atoms with Crippen LogP contribution >= 0.6 is 0 Å². The number of nitrogens with zero attached hydrogens (tertiary/aromatic N) is 2. The predicted octanol–water partition coefficient (Wildman–Crippen LogP) is 3.88. The monoisotopic (exact) mass is 331 g/mol. The third-order valence-corrected chi connectivity index (χ3v) is 3.44. The van der Waals surface area contributed by atoms with Gasteiger partial charge >= 0.3 is 6.09 Å². The first-order chi connectivity index (χ1) is 11.3. The van der Waals surface area contributed by atoms with Crippen LogP contribution in [0.3, 0.4) is 0 Å². The number of ether oxygens (including phenoxy) is 2. The lowest BCUT2D eigenvalue weighted by molar-refractivity contribution is 0.0510. The van der Waals surface area contributed by atoms with Crippen molar-refractivity contribution in [2.45, 2.75) is 46.1 Å². The molecular formula is C18H25N3O3. The molecule has 6 nitrogen and oxygen atoms in total. The molecule has 1 aromatic carbocycles. The van der Waals surface area contributed by atoms with Gasteiger partial charge in [0.15, 0.2) is 0 Å². The number of methoxy groups -OCH3 is 1. The average molecular weight is 331 g/mol. The van der Waals surface area contributed by atoms with Gasteiger partial charge in [0.25, 0.3) is 0 Å². The van der Waals surface area contributed by atoms with Crippen molar-refractivity contribution in [3.05, 3.63) is 30.0 Å². The highest BCUT2D eigenvalue weighted by atomic mass is 16.6.